The quantitative estimate of drug-likeness (QED) is 0.526. The van der Waals surface area contributed by atoms with E-state index in [1.54, 1.807) is 0 Å². The van der Waals surface area contributed by atoms with E-state index < -0.39 is 0 Å². The molecule has 0 aliphatic heterocycles. The van der Waals surface area contributed by atoms with Crippen molar-refractivity contribution in [2.75, 3.05) is 33.0 Å². The lowest BCUT2D eigenvalue weighted by Gasteiger charge is -2.06. The van der Waals surface area contributed by atoms with Crippen molar-refractivity contribution >= 4 is 0 Å². The minimum Gasteiger partial charge on any atom is -0.394 e. The number of aliphatic hydroxyl groups excluding tert-OH is 1. The van der Waals surface area contributed by atoms with Crippen LogP contribution in [0, 0.1) is 5.92 Å². The third-order valence-electron chi connectivity index (χ3n) is 2.43. The second-order valence-electron chi connectivity index (χ2n) is 4.55. The largest absolute Gasteiger partial charge is 0.394 e. The van der Waals surface area contributed by atoms with Crippen molar-refractivity contribution in [2.24, 2.45) is 5.92 Å². The first kappa shape index (κ1) is 15.9. The molecule has 0 bridgehead atoms. The summed E-state index contributed by atoms with van der Waals surface area (Å²) in [6.45, 7) is 7.13. The molecule has 16 heavy (non-hydrogen) atoms. The molecule has 1 N–H and O–H groups in total. The predicted octanol–water partition coefficient (Wildman–Crippen LogP) is 2.62. The fourth-order valence-electron chi connectivity index (χ4n) is 1.50. The van der Waals surface area contributed by atoms with Crippen molar-refractivity contribution in [2.45, 2.75) is 46.0 Å². The van der Waals surface area contributed by atoms with Crippen molar-refractivity contribution in [1.82, 2.24) is 0 Å². The van der Waals surface area contributed by atoms with Gasteiger partial charge in [0.05, 0.1) is 26.4 Å². The third-order valence-corrected chi connectivity index (χ3v) is 2.43. The van der Waals surface area contributed by atoms with Crippen LogP contribution in [0.25, 0.3) is 0 Å². The van der Waals surface area contributed by atoms with Crippen molar-refractivity contribution in [3.05, 3.63) is 0 Å². The summed E-state index contributed by atoms with van der Waals surface area (Å²) in [6.07, 6.45) is 6.43. The second kappa shape index (κ2) is 12.9. The van der Waals surface area contributed by atoms with Crippen molar-refractivity contribution in [3.63, 3.8) is 0 Å². The van der Waals surface area contributed by atoms with Crippen LogP contribution in [0.4, 0.5) is 0 Å². The van der Waals surface area contributed by atoms with Crippen LogP contribution in [-0.4, -0.2) is 38.1 Å². The van der Waals surface area contributed by atoms with E-state index >= 15 is 0 Å². The van der Waals surface area contributed by atoms with Gasteiger partial charge in [-0.05, 0) is 12.3 Å². The van der Waals surface area contributed by atoms with Gasteiger partial charge in [0.2, 0.25) is 0 Å². The van der Waals surface area contributed by atoms with Crippen molar-refractivity contribution < 1.29 is 14.6 Å². The van der Waals surface area contributed by atoms with Gasteiger partial charge in [-0.25, -0.2) is 0 Å². The molecule has 0 rings (SSSR count). The van der Waals surface area contributed by atoms with Crippen LogP contribution in [0.2, 0.25) is 0 Å². The molecule has 0 heterocycles. The summed E-state index contributed by atoms with van der Waals surface area (Å²) in [5, 5.41) is 8.46. The molecule has 98 valence electrons. The number of unbranched alkanes of at least 4 members (excludes halogenated alkanes) is 3. The molecule has 0 aliphatic rings. The molecule has 0 radical (unpaired) electrons. The van der Waals surface area contributed by atoms with Gasteiger partial charge in [0.15, 0.2) is 0 Å². The maximum absolute atomic E-state index is 8.46. The van der Waals surface area contributed by atoms with Gasteiger partial charge in [0.1, 0.15) is 0 Å². The second-order valence-corrected chi connectivity index (χ2v) is 4.55. The van der Waals surface area contributed by atoms with E-state index in [1.807, 2.05) is 0 Å². The van der Waals surface area contributed by atoms with Crippen LogP contribution >= 0.6 is 0 Å². The molecule has 0 amide bonds. The summed E-state index contributed by atoms with van der Waals surface area (Å²) < 4.78 is 10.5. The number of hydrogen-bond donors (Lipinski definition) is 1. The molecular formula is C13H28O3. The summed E-state index contributed by atoms with van der Waals surface area (Å²) >= 11 is 0. The zero-order valence-corrected chi connectivity index (χ0v) is 10.9. The van der Waals surface area contributed by atoms with Gasteiger partial charge in [0.25, 0.3) is 0 Å². The Labute approximate surface area is 100 Å². The predicted molar refractivity (Wildman–Crippen MR) is 66.6 cm³/mol. The molecule has 0 spiro atoms. The normalized spacial score (nSPS) is 11.2. The van der Waals surface area contributed by atoms with E-state index in [2.05, 4.69) is 13.8 Å². The van der Waals surface area contributed by atoms with Gasteiger partial charge in [-0.15, -0.1) is 0 Å². The first-order valence-corrected chi connectivity index (χ1v) is 6.53. The highest BCUT2D eigenvalue weighted by molar-refractivity contribution is 4.47. The molecule has 0 saturated carbocycles. The Morgan fingerprint density at radius 1 is 0.812 bits per heavy atom. The lowest BCUT2D eigenvalue weighted by Crippen LogP contribution is -2.07. The zero-order chi connectivity index (χ0) is 12.1. The first-order chi connectivity index (χ1) is 7.77. The molecule has 0 unspecified atom stereocenters. The highest BCUT2D eigenvalue weighted by Gasteiger charge is 1.95. The summed E-state index contributed by atoms with van der Waals surface area (Å²) in [6, 6.07) is 0. The Morgan fingerprint density at radius 2 is 1.44 bits per heavy atom. The van der Waals surface area contributed by atoms with Crippen LogP contribution in [0.1, 0.15) is 46.0 Å². The fourth-order valence-corrected chi connectivity index (χ4v) is 1.50. The molecule has 3 nitrogen and oxygen atoms in total. The smallest absolute Gasteiger partial charge is 0.0701 e. The molecule has 3 heteroatoms. The van der Waals surface area contributed by atoms with Crippen molar-refractivity contribution in [3.8, 4) is 0 Å². The molecule has 0 fully saturated rings. The lowest BCUT2D eigenvalue weighted by atomic mass is 10.0. The fraction of sp³-hybridized carbons (Fsp3) is 1.00. The van der Waals surface area contributed by atoms with E-state index in [9.17, 15) is 0 Å². The molecule has 0 aromatic heterocycles. The van der Waals surface area contributed by atoms with Gasteiger partial charge < -0.3 is 14.6 Å². The van der Waals surface area contributed by atoms with Crippen LogP contribution in [-0.2, 0) is 9.47 Å². The van der Waals surface area contributed by atoms with Crippen molar-refractivity contribution in [1.29, 1.82) is 0 Å². The standard InChI is InChI=1S/C13H28O3/c1-13(2)7-5-3-4-6-9-15-11-12-16-10-8-14/h13-14H,3-12H2,1-2H3. The Hall–Kier alpha value is -0.120. The van der Waals surface area contributed by atoms with Crippen LogP contribution in [0.5, 0.6) is 0 Å². The maximum Gasteiger partial charge on any atom is 0.0701 e. The summed E-state index contributed by atoms with van der Waals surface area (Å²) in [5.74, 6) is 0.833. The van der Waals surface area contributed by atoms with E-state index in [0.717, 1.165) is 18.9 Å². The molecule has 0 atom stereocenters. The number of aliphatic hydroxyl groups is 1. The monoisotopic (exact) mass is 232 g/mol. The first-order valence-electron chi connectivity index (χ1n) is 6.53. The van der Waals surface area contributed by atoms with Gasteiger partial charge in [-0.2, -0.15) is 0 Å². The Morgan fingerprint density at radius 3 is 2.06 bits per heavy atom. The highest BCUT2D eigenvalue weighted by Crippen LogP contribution is 2.09. The lowest BCUT2D eigenvalue weighted by molar-refractivity contribution is 0.0320. The van der Waals surface area contributed by atoms with E-state index in [-0.39, 0.29) is 6.61 Å². The summed E-state index contributed by atoms with van der Waals surface area (Å²) in [4.78, 5) is 0. The molecular weight excluding hydrogens is 204 g/mol. The van der Waals surface area contributed by atoms with E-state index in [1.165, 1.54) is 25.7 Å². The third kappa shape index (κ3) is 13.9. The summed E-state index contributed by atoms with van der Waals surface area (Å²) in [5.41, 5.74) is 0. The van der Waals surface area contributed by atoms with Crippen LogP contribution < -0.4 is 0 Å². The van der Waals surface area contributed by atoms with E-state index in [4.69, 9.17) is 14.6 Å². The molecule has 0 saturated heterocycles. The van der Waals surface area contributed by atoms with Crippen LogP contribution in [0.3, 0.4) is 0 Å². The number of ether oxygens (including phenoxy) is 2. The maximum atomic E-state index is 8.46. The topological polar surface area (TPSA) is 38.7 Å². The number of rotatable bonds is 12. The van der Waals surface area contributed by atoms with Gasteiger partial charge >= 0.3 is 0 Å². The Balaban J connectivity index is 2.88. The number of hydrogen-bond acceptors (Lipinski definition) is 3. The van der Waals surface area contributed by atoms with Crippen LogP contribution in [0.15, 0.2) is 0 Å². The SMILES string of the molecule is CC(C)CCCCCCOCCOCCO. The van der Waals surface area contributed by atoms with Gasteiger partial charge in [0, 0.05) is 6.61 Å². The molecule has 0 aromatic rings. The van der Waals surface area contributed by atoms with Gasteiger partial charge in [-0.3, -0.25) is 0 Å². The Kier molecular flexibility index (Phi) is 12.9. The zero-order valence-electron chi connectivity index (χ0n) is 10.9. The van der Waals surface area contributed by atoms with Gasteiger partial charge in [-0.1, -0.05) is 39.5 Å². The van der Waals surface area contributed by atoms with E-state index in [0.29, 0.717) is 19.8 Å². The highest BCUT2D eigenvalue weighted by atomic mass is 16.5. The minimum absolute atomic E-state index is 0.0931. The minimum atomic E-state index is 0.0931. The average molecular weight is 232 g/mol. The summed E-state index contributed by atoms with van der Waals surface area (Å²) in [7, 11) is 0. The Bertz CT molecular complexity index is 126. The average Bonchev–Trinajstić information content (AvgIpc) is 2.25. The molecule has 0 aromatic carbocycles. The molecule has 0 aliphatic carbocycles.